The Morgan fingerprint density at radius 2 is 2.33 bits per heavy atom. The van der Waals surface area contributed by atoms with Crippen LogP contribution in [0.3, 0.4) is 0 Å². The maximum absolute atomic E-state index is 13.9. The second kappa shape index (κ2) is 5.75. The molecule has 18 heavy (non-hydrogen) atoms. The molecular formula is C12H13BrFNO3. The Hall–Kier alpha value is -1.01. The average Bonchev–Trinajstić information content (AvgIpc) is 2.34. The van der Waals surface area contributed by atoms with E-state index < -0.39 is 16.4 Å². The van der Waals surface area contributed by atoms with Crippen LogP contribution >= 0.6 is 15.9 Å². The van der Waals surface area contributed by atoms with Crippen molar-refractivity contribution in [3.05, 3.63) is 39.7 Å². The van der Waals surface area contributed by atoms with Crippen LogP contribution < -0.4 is 0 Å². The standard InChI is InChI=1S/C12H13BrFNO3/c13-10-4-5-18-7-9(10)6-8-2-1-3-11(12(8)14)15(16)17/h1-3,9-10H,4-7H2. The van der Waals surface area contributed by atoms with Crippen molar-refractivity contribution in [2.45, 2.75) is 17.7 Å². The van der Waals surface area contributed by atoms with Crippen LogP contribution in [0.4, 0.5) is 10.1 Å². The molecule has 1 aliphatic heterocycles. The van der Waals surface area contributed by atoms with E-state index in [1.165, 1.54) is 12.1 Å². The number of alkyl halides is 1. The number of hydrogen-bond donors (Lipinski definition) is 0. The zero-order chi connectivity index (χ0) is 13.1. The van der Waals surface area contributed by atoms with Gasteiger partial charge >= 0.3 is 5.69 Å². The highest BCUT2D eigenvalue weighted by Crippen LogP contribution is 2.28. The summed E-state index contributed by atoms with van der Waals surface area (Å²) in [6.45, 7) is 1.25. The molecule has 0 saturated carbocycles. The minimum atomic E-state index is -0.729. The number of hydrogen-bond acceptors (Lipinski definition) is 3. The first-order valence-corrected chi connectivity index (χ1v) is 6.64. The zero-order valence-electron chi connectivity index (χ0n) is 9.64. The number of nitro groups is 1. The van der Waals surface area contributed by atoms with Gasteiger partial charge in [0.15, 0.2) is 0 Å². The van der Waals surface area contributed by atoms with E-state index in [1.807, 2.05) is 0 Å². The van der Waals surface area contributed by atoms with Crippen molar-refractivity contribution < 1.29 is 14.1 Å². The summed E-state index contributed by atoms with van der Waals surface area (Å²) in [5.74, 6) is -0.581. The Balaban J connectivity index is 2.18. The third-order valence-electron chi connectivity index (χ3n) is 3.12. The van der Waals surface area contributed by atoms with Crippen LogP contribution in [-0.4, -0.2) is 23.0 Å². The lowest BCUT2D eigenvalue weighted by molar-refractivity contribution is -0.387. The molecule has 1 aromatic rings. The first-order valence-electron chi connectivity index (χ1n) is 5.73. The van der Waals surface area contributed by atoms with E-state index >= 15 is 0 Å². The lowest BCUT2D eigenvalue weighted by atomic mass is 9.93. The number of benzene rings is 1. The lowest BCUT2D eigenvalue weighted by Gasteiger charge is -2.27. The minimum Gasteiger partial charge on any atom is -0.381 e. The molecule has 0 radical (unpaired) electrons. The van der Waals surface area contributed by atoms with E-state index in [0.29, 0.717) is 25.2 Å². The Bertz CT molecular complexity index is 455. The quantitative estimate of drug-likeness (QED) is 0.489. The fraction of sp³-hybridized carbons (Fsp3) is 0.500. The Morgan fingerprint density at radius 1 is 1.56 bits per heavy atom. The molecule has 2 rings (SSSR count). The molecular weight excluding hydrogens is 305 g/mol. The van der Waals surface area contributed by atoms with Gasteiger partial charge in [-0.15, -0.1) is 0 Å². The highest BCUT2D eigenvalue weighted by Gasteiger charge is 2.26. The van der Waals surface area contributed by atoms with Crippen LogP contribution in [0.25, 0.3) is 0 Å². The predicted octanol–water partition coefficient (Wildman–Crippen LogP) is 3.08. The van der Waals surface area contributed by atoms with E-state index in [0.717, 1.165) is 6.42 Å². The first kappa shape index (κ1) is 13.4. The average molecular weight is 318 g/mol. The van der Waals surface area contributed by atoms with Gasteiger partial charge in [0, 0.05) is 17.5 Å². The topological polar surface area (TPSA) is 52.4 Å². The predicted molar refractivity (Wildman–Crippen MR) is 68.4 cm³/mol. The maximum atomic E-state index is 13.9. The van der Waals surface area contributed by atoms with Crippen LogP contribution in [0.1, 0.15) is 12.0 Å². The zero-order valence-corrected chi connectivity index (χ0v) is 11.2. The van der Waals surface area contributed by atoms with E-state index in [4.69, 9.17) is 4.74 Å². The summed E-state index contributed by atoms with van der Waals surface area (Å²) >= 11 is 3.55. The fourth-order valence-electron chi connectivity index (χ4n) is 2.10. The number of rotatable bonds is 3. The number of halogens is 2. The van der Waals surface area contributed by atoms with Crippen molar-refractivity contribution in [3.63, 3.8) is 0 Å². The third kappa shape index (κ3) is 2.87. The second-order valence-corrected chi connectivity index (χ2v) is 5.53. The smallest absolute Gasteiger partial charge is 0.305 e. The van der Waals surface area contributed by atoms with Crippen molar-refractivity contribution in [1.29, 1.82) is 0 Å². The molecule has 1 fully saturated rings. The first-order chi connectivity index (χ1) is 8.59. The number of nitrogens with zero attached hydrogens (tertiary/aromatic N) is 1. The summed E-state index contributed by atoms with van der Waals surface area (Å²) in [4.78, 5) is 10.2. The normalized spacial score (nSPS) is 23.9. The van der Waals surface area contributed by atoms with Crippen molar-refractivity contribution in [2.75, 3.05) is 13.2 Å². The summed E-state index contributed by atoms with van der Waals surface area (Å²) in [5, 5.41) is 10.7. The summed E-state index contributed by atoms with van der Waals surface area (Å²) in [6, 6.07) is 4.29. The number of nitro benzene ring substituents is 1. The van der Waals surface area contributed by atoms with Crippen molar-refractivity contribution >= 4 is 21.6 Å². The Labute approximate surface area is 112 Å². The molecule has 0 spiro atoms. The molecule has 1 saturated heterocycles. The van der Waals surface area contributed by atoms with Crippen LogP contribution in [0.2, 0.25) is 0 Å². The molecule has 0 aromatic heterocycles. The molecule has 0 N–H and O–H groups in total. The van der Waals surface area contributed by atoms with Crippen molar-refractivity contribution in [2.24, 2.45) is 5.92 Å². The molecule has 1 aliphatic rings. The van der Waals surface area contributed by atoms with Gasteiger partial charge < -0.3 is 4.74 Å². The molecule has 2 atom stereocenters. The maximum Gasteiger partial charge on any atom is 0.305 e. The lowest BCUT2D eigenvalue weighted by Crippen LogP contribution is -2.29. The summed E-state index contributed by atoms with van der Waals surface area (Å²) in [6.07, 6.45) is 1.32. The Morgan fingerprint density at radius 3 is 3.00 bits per heavy atom. The van der Waals surface area contributed by atoms with Gasteiger partial charge in [-0.25, -0.2) is 0 Å². The Kier molecular flexibility index (Phi) is 4.29. The van der Waals surface area contributed by atoms with Crippen LogP contribution in [0.5, 0.6) is 0 Å². The SMILES string of the molecule is O=[N+]([O-])c1cccc(CC2COCCC2Br)c1F. The van der Waals surface area contributed by atoms with Crippen molar-refractivity contribution in [1.82, 2.24) is 0 Å². The molecule has 0 aliphatic carbocycles. The fourth-order valence-corrected chi connectivity index (χ4v) is 2.63. The second-order valence-electron chi connectivity index (χ2n) is 4.35. The van der Waals surface area contributed by atoms with Crippen molar-refractivity contribution in [3.8, 4) is 0 Å². The van der Waals surface area contributed by atoms with Crippen LogP contribution in [0.15, 0.2) is 18.2 Å². The van der Waals surface area contributed by atoms with Crippen LogP contribution in [0, 0.1) is 21.8 Å². The summed E-state index contributed by atoms with van der Waals surface area (Å²) < 4.78 is 19.3. The molecule has 98 valence electrons. The van der Waals surface area contributed by atoms with E-state index in [9.17, 15) is 14.5 Å². The minimum absolute atomic E-state index is 0.148. The third-order valence-corrected chi connectivity index (χ3v) is 4.32. The molecule has 1 heterocycles. The van der Waals surface area contributed by atoms with E-state index in [1.54, 1.807) is 6.07 Å². The molecule has 2 unspecified atom stereocenters. The summed E-state index contributed by atoms with van der Waals surface area (Å²) in [7, 11) is 0. The van der Waals surface area contributed by atoms with Gasteiger partial charge in [-0.05, 0) is 24.3 Å². The summed E-state index contributed by atoms with van der Waals surface area (Å²) in [5.41, 5.74) is -0.0838. The van der Waals surface area contributed by atoms with Gasteiger partial charge in [0.1, 0.15) is 0 Å². The van der Waals surface area contributed by atoms with Gasteiger partial charge in [0.05, 0.1) is 11.5 Å². The molecule has 4 nitrogen and oxygen atoms in total. The van der Waals surface area contributed by atoms with Gasteiger partial charge in [0.25, 0.3) is 0 Å². The molecule has 0 amide bonds. The molecule has 1 aromatic carbocycles. The number of ether oxygens (including phenoxy) is 1. The van der Waals surface area contributed by atoms with E-state index in [-0.39, 0.29) is 10.7 Å². The monoisotopic (exact) mass is 317 g/mol. The van der Waals surface area contributed by atoms with E-state index in [2.05, 4.69) is 15.9 Å². The highest BCUT2D eigenvalue weighted by molar-refractivity contribution is 9.09. The van der Waals surface area contributed by atoms with Gasteiger partial charge in [-0.2, -0.15) is 4.39 Å². The van der Waals surface area contributed by atoms with Gasteiger partial charge in [0.2, 0.25) is 5.82 Å². The highest BCUT2D eigenvalue weighted by atomic mass is 79.9. The molecule has 0 bridgehead atoms. The van der Waals surface area contributed by atoms with Gasteiger partial charge in [-0.3, -0.25) is 10.1 Å². The van der Waals surface area contributed by atoms with Gasteiger partial charge in [-0.1, -0.05) is 28.1 Å². The molecule has 6 heteroatoms. The van der Waals surface area contributed by atoms with Crippen LogP contribution in [-0.2, 0) is 11.2 Å². The largest absolute Gasteiger partial charge is 0.381 e.